The van der Waals surface area contributed by atoms with Gasteiger partial charge in [0.05, 0.1) is 12.8 Å². The molecular weight excluding hydrogens is 248 g/mol. The molecule has 1 aliphatic carbocycles. The predicted molar refractivity (Wildman–Crippen MR) is 80.7 cm³/mol. The summed E-state index contributed by atoms with van der Waals surface area (Å²) in [7, 11) is 0. The molecule has 0 saturated heterocycles. The van der Waals surface area contributed by atoms with Crippen molar-refractivity contribution in [2.45, 2.75) is 32.4 Å². The number of benzene rings is 1. The van der Waals surface area contributed by atoms with Crippen LogP contribution in [-0.4, -0.2) is 17.6 Å². The van der Waals surface area contributed by atoms with Crippen molar-refractivity contribution in [1.29, 1.82) is 0 Å². The Balaban J connectivity index is 1.70. The van der Waals surface area contributed by atoms with Crippen molar-refractivity contribution in [3.8, 4) is 16.9 Å². The third kappa shape index (κ3) is 3.36. The first kappa shape index (κ1) is 13.1. The van der Waals surface area contributed by atoms with Gasteiger partial charge >= 0.3 is 0 Å². The number of hydrogen-bond acceptors (Lipinski definition) is 3. The van der Waals surface area contributed by atoms with Gasteiger partial charge in [0.1, 0.15) is 5.75 Å². The summed E-state index contributed by atoms with van der Waals surface area (Å²) in [6, 6.07) is 11.4. The zero-order valence-corrected chi connectivity index (χ0v) is 11.8. The summed E-state index contributed by atoms with van der Waals surface area (Å²) in [6.45, 7) is 3.60. The lowest BCUT2D eigenvalue weighted by Gasteiger charge is -2.07. The van der Waals surface area contributed by atoms with E-state index in [0.717, 1.165) is 23.9 Å². The number of pyridine rings is 1. The molecule has 1 aliphatic rings. The highest BCUT2D eigenvalue weighted by Gasteiger charge is 2.19. The van der Waals surface area contributed by atoms with Crippen LogP contribution in [0, 0.1) is 0 Å². The van der Waals surface area contributed by atoms with E-state index in [-0.39, 0.29) is 0 Å². The standard InChI is InChI=1S/C17H20N2O/c1-2-20-17-9-15(11-18-12-17)14-5-3-13(4-6-14)10-19-16-7-8-16/h3-6,9,11-12,16,19H,2,7-8,10H2,1H3. The van der Waals surface area contributed by atoms with Crippen molar-refractivity contribution >= 4 is 0 Å². The normalized spacial score (nSPS) is 14.2. The Kier molecular flexibility index (Phi) is 3.97. The average molecular weight is 268 g/mol. The van der Waals surface area contributed by atoms with Crippen LogP contribution in [0.25, 0.3) is 11.1 Å². The summed E-state index contributed by atoms with van der Waals surface area (Å²) in [6.07, 6.45) is 6.28. The van der Waals surface area contributed by atoms with Gasteiger partial charge in [-0.2, -0.15) is 0 Å². The fourth-order valence-electron chi connectivity index (χ4n) is 2.19. The van der Waals surface area contributed by atoms with Crippen molar-refractivity contribution in [3.63, 3.8) is 0 Å². The Hall–Kier alpha value is -1.87. The minimum absolute atomic E-state index is 0.664. The molecule has 1 N–H and O–H groups in total. The molecule has 0 aliphatic heterocycles. The molecule has 2 aromatic rings. The van der Waals surface area contributed by atoms with Gasteiger partial charge in [0.25, 0.3) is 0 Å². The zero-order valence-electron chi connectivity index (χ0n) is 11.8. The maximum atomic E-state index is 5.49. The molecule has 1 aromatic carbocycles. The lowest BCUT2D eigenvalue weighted by molar-refractivity contribution is 0.339. The quantitative estimate of drug-likeness (QED) is 0.872. The van der Waals surface area contributed by atoms with Crippen LogP contribution in [0.15, 0.2) is 42.7 Å². The number of ether oxygens (including phenoxy) is 1. The van der Waals surface area contributed by atoms with Crippen LogP contribution in [0.3, 0.4) is 0 Å². The summed E-state index contributed by atoms with van der Waals surface area (Å²) < 4.78 is 5.49. The summed E-state index contributed by atoms with van der Waals surface area (Å²) in [4.78, 5) is 4.23. The van der Waals surface area contributed by atoms with Gasteiger partial charge in [0, 0.05) is 24.3 Å². The molecule has 1 aromatic heterocycles. The molecule has 3 nitrogen and oxygen atoms in total. The highest BCUT2D eigenvalue weighted by Crippen LogP contribution is 2.23. The van der Waals surface area contributed by atoms with E-state index in [0.29, 0.717) is 6.61 Å². The van der Waals surface area contributed by atoms with E-state index < -0.39 is 0 Å². The first-order valence-corrected chi connectivity index (χ1v) is 7.25. The zero-order chi connectivity index (χ0) is 13.8. The van der Waals surface area contributed by atoms with Crippen LogP contribution in [0.2, 0.25) is 0 Å². The van der Waals surface area contributed by atoms with Gasteiger partial charge in [-0.1, -0.05) is 24.3 Å². The highest BCUT2D eigenvalue weighted by atomic mass is 16.5. The molecule has 20 heavy (non-hydrogen) atoms. The summed E-state index contributed by atoms with van der Waals surface area (Å²) in [5, 5.41) is 3.53. The molecule has 1 fully saturated rings. The number of hydrogen-bond donors (Lipinski definition) is 1. The Morgan fingerprint density at radius 2 is 1.95 bits per heavy atom. The van der Waals surface area contributed by atoms with Crippen molar-refractivity contribution in [1.82, 2.24) is 10.3 Å². The molecular formula is C17H20N2O. The third-order valence-corrected chi connectivity index (χ3v) is 3.48. The van der Waals surface area contributed by atoms with Gasteiger partial charge in [0.15, 0.2) is 0 Å². The minimum Gasteiger partial charge on any atom is -0.492 e. The summed E-state index contributed by atoms with van der Waals surface area (Å²) in [5.41, 5.74) is 3.60. The fourth-order valence-corrected chi connectivity index (χ4v) is 2.19. The summed E-state index contributed by atoms with van der Waals surface area (Å²) in [5.74, 6) is 0.824. The van der Waals surface area contributed by atoms with Crippen LogP contribution in [0.4, 0.5) is 0 Å². The van der Waals surface area contributed by atoms with E-state index in [4.69, 9.17) is 4.74 Å². The van der Waals surface area contributed by atoms with Crippen LogP contribution >= 0.6 is 0 Å². The summed E-state index contributed by atoms with van der Waals surface area (Å²) >= 11 is 0. The van der Waals surface area contributed by atoms with Gasteiger partial charge in [0.2, 0.25) is 0 Å². The molecule has 3 heteroatoms. The van der Waals surface area contributed by atoms with Crippen LogP contribution in [0.5, 0.6) is 5.75 Å². The smallest absolute Gasteiger partial charge is 0.138 e. The van der Waals surface area contributed by atoms with Gasteiger partial charge in [-0.05, 0) is 37.0 Å². The van der Waals surface area contributed by atoms with Crippen LogP contribution in [-0.2, 0) is 6.54 Å². The Bertz CT molecular complexity index is 561. The molecule has 0 unspecified atom stereocenters. The van der Waals surface area contributed by atoms with Gasteiger partial charge in [-0.3, -0.25) is 4.98 Å². The van der Waals surface area contributed by atoms with Gasteiger partial charge in [-0.15, -0.1) is 0 Å². The number of aromatic nitrogens is 1. The topological polar surface area (TPSA) is 34.1 Å². The lowest BCUT2D eigenvalue weighted by Crippen LogP contribution is -2.14. The maximum Gasteiger partial charge on any atom is 0.138 e. The Morgan fingerprint density at radius 3 is 2.65 bits per heavy atom. The lowest BCUT2D eigenvalue weighted by atomic mass is 10.1. The van der Waals surface area contributed by atoms with E-state index in [9.17, 15) is 0 Å². The molecule has 1 saturated carbocycles. The second kappa shape index (κ2) is 6.06. The van der Waals surface area contributed by atoms with Crippen molar-refractivity contribution < 1.29 is 4.74 Å². The highest BCUT2D eigenvalue weighted by molar-refractivity contribution is 5.64. The number of nitrogens with one attached hydrogen (secondary N) is 1. The molecule has 0 bridgehead atoms. The van der Waals surface area contributed by atoms with E-state index >= 15 is 0 Å². The number of rotatable bonds is 6. The van der Waals surface area contributed by atoms with Crippen LogP contribution < -0.4 is 10.1 Å². The second-order valence-corrected chi connectivity index (χ2v) is 5.19. The largest absolute Gasteiger partial charge is 0.492 e. The molecule has 0 spiro atoms. The van der Waals surface area contributed by atoms with E-state index in [1.807, 2.05) is 19.2 Å². The molecule has 0 atom stereocenters. The van der Waals surface area contributed by atoms with Crippen molar-refractivity contribution in [3.05, 3.63) is 48.3 Å². The van der Waals surface area contributed by atoms with Crippen molar-refractivity contribution in [2.24, 2.45) is 0 Å². The van der Waals surface area contributed by atoms with Gasteiger partial charge in [-0.25, -0.2) is 0 Å². The first-order valence-electron chi connectivity index (χ1n) is 7.25. The van der Waals surface area contributed by atoms with Crippen molar-refractivity contribution in [2.75, 3.05) is 6.61 Å². The number of nitrogens with zero attached hydrogens (tertiary/aromatic N) is 1. The molecule has 0 amide bonds. The van der Waals surface area contributed by atoms with E-state index in [2.05, 4.69) is 34.6 Å². The Labute approximate surface area is 120 Å². The molecule has 0 radical (unpaired) electrons. The average Bonchev–Trinajstić information content (AvgIpc) is 3.31. The molecule has 3 rings (SSSR count). The Morgan fingerprint density at radius 1 is 1.15 bits per heavy atom. The fraction of sp³-hybridized carbons (Fsp3) is 0.353. The SMILES string of the molecule is CCOc1cncc(-c2ccc(CNC3CC3)cc2)c1. The van der Waals surface area contributed by atoms with Gasteiger partial charge < -0.3 is 10.1 Å². The third-order valence-electron chi connectivity index (χ3n) is 3.48. The minimum atomic E-state index is 0.664. The van der Waals surface area contributed by atoms with E-state index in [1.165, 1.54) is 24.0 Å². The van der Waals surface area contributed by atoms with Crippen LogP contribution in [0.1, 0.15) is 25.3 Å². The molecule has 1 heterocycles. The monoisotopic (exact) mass is 268 g/mol. The van der Waals surface area contributed by atoms with E-state index in [1.54, 1.807) is 6.20 Å². The second-order valence-electron chi connectivity index (χ2n) is 5.19. The molecule has 104 valence electrons. The maximum absolute atomic E-state index is 5.49. The first-order chi connectivity index (χ1) is 9.85. The predicted octanol–water partition coefficient (Wildman–Crippen LogP) is 3.40.